The molecule has 3 N–H and O–H groups in total. The minimum Gasteiger partial charge on any atom is -0.350 e. The van der Waals surface area contributed by atoms with Crippen LogP contribution in [-0.2, 0) is 4.79 Å². The molecule has 0 fully saturated rings. The van der Waals surface area contributed by atoms with Gasteiger partial charge < -0.3 is 11.1 Å². The third kappa shape index (κ3) is 8.18. The highest BCUT2D eigenvalue weighted by atomic mass is 16.1. The Morgan fingerprint density at radius 3 is 2.47 bits per heavy atom. The second-order valence-corrected chi connectivity index (χ2v) is 5.32. The Labute approximate surface area is 93.1 Å². The molecule has 3 heteroatoms. The van der Waals surface area contributed by atoms with Gasteiger partial charge >= 0.3 is 0 Å². The van der Waals surface area contributed by atoms with Crippen LogP contribution in [0, 0.1) is 5.41 Å². The van der Waals surface area contributed by atoms with Crippen LogP contribution in [0.25, 0.3) is 0 Å². The maximum absolute atomic E-state index is 11.5. The summed E-state index contributed by atoms with van der Waals surface area (Å²) in [5, 5.41) is 2.81. The van der Waals surface area contributed by atoms with Crippen LogP contribution in [0.2, 0.25) is 0 Å². The van der Waals surface area contributed by atoms with Crippen LogP contribution >= 0.6 is 0 Å². The van der Waals surface area contributed by atoms with Crippen molar-refractivity contribution in [2.45, 2.75) is 52.6 Å². The van der Waals surface area contributed by atoms with Gasteiger partial charge in [0.1, 0.15) is 0 Å². The molecule has 2 atom stereocenters. The lowest BCUT2D eigenvalue weighted by Crippen LogP contribution is -2.37. The predicted molar refractivity (Wildman–Crippen MR) is 64.5 cm³/mol. The maximum Gasteiger partial charge on any atom is 0.222 e. The topological polar surface area (TPSA) is 55.1 Å². The first-order chi connectivity index (χ1) is 6.74. The molecule has 0 bridgehead atoms. The number of amides is 1. The summed E-state index contributed by atoms with van der Waals surface area (Å²) < 4.78 is 0. The summed E-state index contributed by atoms with van der Waals surface area (Å²) in [7, 11) is 0. The zero-order chi connectivity index (χ0) is 12.1. The number of rotatable bonds is 5. The largest absolute Gasteiger partial charge is 0.350 e. The Hall–Kier alpha value is -0.830. The molecule has 88 valence electrons. The fraction of sp³-hybridized carbons (Fsp3) is 0.750. The van der Waals surface area contributed by atoms with Crippen molar-refractivity contribution in [2.24, 2.45) is 11.1 Å². The van der Waals surface area contributed by atoms with E-state index in [2.05, 4.69) is 32.7 Å². The third-order valence-corrected chi connectivity index (χ3v) is 2.06. The molecule has 0 aliphatic rings. The molecule has 0 aromatic carbocycles. The van der Waals surface area contributed by atoms with Gasteiger partial charge in [-0.25, -0.2) is 0 Å². The van der Waals surface area contributed by atoms with E-state index in [9.17, 15) is 4.79 Å². The molecular weight excluding hydrogens is 188 g/mol. The third-order valence-electron chi connectivity index (χ3n) is 2.06. The minimum absolute atomic E-state index is 0.000787. The molecule has 0 radical (unpaired) electrons. The Morgan fingerprint density at radius 1 is 1.53 bits per heavy atom. The van der Waals surface area contributed by atoms with Crippen LogP contribution in [0.3, 0.4) is 0 Å². The zero-order valence-corrected chi connectivity index (χ0v) is 10.3. The number of hydrogen-bond acceptors (Lipinski definition) is 2. The molecule has 15 heavy (non-hydrogen) atoms. The lowest BCUT2D eigenvalue weighted by molar-refractivity contribution is -0.121. The molecule has 0 saturated carbocycles. The number of nitrogens with two attached hydrogens (primary N) is 1. The lowest BCUT2D eigenvalue weighted by atomic mass is 9.87. The van der Waals surface area contributed by atoms with E-state index in [4.69, 9.17) is 5.73 Å². The number of nitrogens with one attached hydrogen (secondary N) is 1. The van der Waals surface area contributed by atoms with Crippen LogP contribution < -0.4 is 11.1 Å². The molecule has 0 aliphatic carbocycles. The highest BCUT2D eigenvalue weighted by Gasteiger charge is 2.18. The van der Waals surface area contributed by atoms with E-state index in [0.29, 0.717) is 6.42 Å². The van der Waals surface area contributed by atoms with Crippen molar-refractivity contribution in [1.29, 1.82) is 0 Å². The van der Waals surface area contributed by atoms with Crippen molar-refractivity contribution < 1.29 is 4.79 Å². The Balaban J connectivity index is 3.91. The Bertz CT molecular complexity index is 218. The number of hydrogen-bond donors (Lipinski definition) is 2. The summed E-state index contributed by atoms with van der Waals surface area (Å²) in [4.78, 5) is 11.5. The van der Waals surface area contributed by atoms with Crippen molar-refractivity contribution in [1.82, 2.24) is 5.32 Å². The number of carbonyl (C=O) groups excluding carboxylic acids is 1. The smallest absolute Gasteiger partial charge is 0.222 e. The summed E-state index contributed by atoms with van der Waals surface area (Å²) >= 11 is 0. The normalized spacial score (nSPS) is 15.5. The van der Waals surface area contributed by atoms with Crippen molar-refractivity contribution in [3.8, 4) is 0 Å². The molecule has 0 aromatic heterocycles. The van der Waals surface area contributed by atoms with Gasteiger partial charge in [-0.05, 0) is 18.8 Å². The van der Waals surface area contributed by atoms with E-state index in [1.807, 2.05) is 6.92 Å². The monoisotopic (exact) mass is 212 g/mol. The minimum atomic E-state index is -0.0676. The van der Waals surface area contributed by atoms with E-state index < -0.39 is 0 Å². The molecular formula is C12H24N2O. The first-order valence-corrected chi connectivity index (χ1v) is 5.42. The van der Waals surface area contributed by atoms with Crippen LogP contribution in [0.15, 0.2) is 12.7 Å². The van der Waals surface area contributed by atoms with Gasteiger partial charge in [0.15, 0.2) is 0 Å². The Morgan fingerprint density at radius 2 is 2.07 bits per heavy atom. The number of carbonyl (C=O) groups is 1. The van der Waals surface area contributed by atoms with Crippen LogP contribution in [0.4, 0.5) is 0 Å². The quantitative estimate of drug-likeness (QED) is 0.683. The van der Waals surface area contributed by atoms with Crippen LogP contribution in [-0.4, -0.2) is 18.0 Å². The maximum atomic E-state index is 11.5. The fourth-order valence-electron chi connectivity index (χ4n) is 1.47. The summed E-state index contributed by atoms with van der Waals surface area (Å²) in [5.41, 5.74) is 6.06. The summed E-state index contributed by atoms with van der Waals surface area (Å²) in [6.45, 7) is 11.9. The predicted octanol–water partition coefficient (Wildman–Crippen LogP) is 1.83. The van der Waals surface area contributed by atoms with Crippen molar-refractivity contribution in [2.75, 3.05) is 0 Å². The van der Waals surface area contributed by atoms with Gasteiger partial charge in [-0.3, -0.25) is 4.79 Å². The SMILES string of the molecule is C=CC(C)NC(=O)CC(N)CC(C)(C)C. The first-order valence-electron chi connectivity index (χ1n) is 5.42. The zero-order valence-electron chi connectivity index (χ0n) is 10.3. The highest BCUT2D eigenvalue weighted by molar-refractivity contribution is 5.77. The van der Waals surface area contributed by atoms with Gasteiger partial charge in [-0.1, -0.05) is 26.8 Å². The molecule has 0 heterocycles. The first kappa shape index (κ1) is 14.2. The van der Waals surface area contributed by atoms with Gasteiger partial charge in [0.05, 0.1) is 0 Å². The van der Waals surface area contributed by atoms with Gasteiger partial charge in [0.2, 0.25) is 5.91 Å². The average Bonchev–Trinajstić information content (AvgIpc) is 1.99. The van der Waals surface area contributed by atoms with Gasteiger partial charge in [0.25, 0.3) is 0 Å². The van der Waals surface area contributed by atoms with Crippen molar-refractivity contribution >= 4 is 5.91 Å². The highest BCUT2D eigenvalue weighted by Crippen LogP contribution is 2.20. The standard InChI is InChI=1S/C12H24N2O/c1-6-9(2)14-11(15)7-10(13)8-12(3,4)5/h6,9-10H,1,7-8,13H2,2-5H3,(H,14,15). The van der Waals surface area contributed by atoms with Gasteiger partial charge in [-0.2, -0.15) is 0 Å². The van der Waals surface area contributed by atoms with Crippen LogP contribution in [0.1, 0.15) is 40.5 Å². The lowest BCUT2D eigenvalue weighted by Gasteiger charge is -2.23. The second-order valence-electron chi connectivity index (χ2n) is 5.32. The van der Waals surface area contributed by atoms with E-state index in [0.717, 1.165) is 6.42 Å². The van der Waals surface area contributed by atoms with Gasteiger partial charge in [-0.15, -0.1) is 6.58 Å². The fourth-order valence-corrected chi connectivity index (χ4v) is 1.47. The summed E-state index contributed by atoms with van der Waals surface area (Å²) in [5.74, 6) is -0.000787. The summed E-state index contributed by atoms with van der Waals surface area (Å²) in [6, 6.07) is -0.0543. The molecule has 0 aliphatic heterocycles. The van der Waals surface area contributed by atoms with Crippen LogP contribution in [0.5, 0.6) is 0 Å². The van der Waals surface area contributed by atoms with E-state index in [1.54, 1.807) is 6.08 Å². The molecule has 1 amide bonds. The van der Waals surface area contributed by atoms with Crippen molar-refractivity contribution in [3.63, 3.8) is 0 Å². The van der Waals surface area contributed by atoms with E-state index in [1.165, 1.54) is 0 Å². The molecule has 0 aromatic rings. The molecule has 0 spiro atoms. The molecule has 3 nitrogen and oxygen atoms in total. The van der Waals surface area contributed by atoms with E-state index >= 15 is 0 Å². The molecule has 0 saturated heterocycles. The van der Waals surface area contributed by atoms with E-state index in [-0.39, 0.29) is 23.4 Å². The second kappa shape index (κ2) is 5.91. The molecule has 2 unspecified atom stereocenters. The van der Waals surface area contributed by atoms with Gasteiger partial charge in [0, 0.05) is 18.5 Å². The Kier molecular flexibility index (Phi) is 5.58. The van der Waals surface area contributed by atoms with Crippen molar-refractivity contribution in [3.05, 3.63) is 12.7 Å². The molecule has 0 rings (SSSR count). The average molecular weight is 212 g/mol. The summed E-state index contributed by atoms with van der Waals surface area (Å²) in [6.07, 6.45) is 2.94.